The van der Waals surface area contributed by atoms with Crippen LogP contribution >= 0.6 is 11.3 Å². The molecule has 27 heavy (non-hydrogen) atoms. The molecule has 0 amide bonds. The van der Waals surface area contributed by atoms with E-state index < -0.39 is 0 Å². The van der Waals surface area contributed by atoms with Crippen molar-refractivity contribution in [2.75, 3.05) is 31.6 Å². The number of hydrogen-bond donors (Lipinski definition) is 0. The first-order valence-corrected chi connectivity index (χ1v) is 11.3. The standard InChI is InChI=1S/C23H31N3S/c1-23(2)17-9-8-16(19(23)14-17)15-26-12-10-18(11-13-26)25(3)22-24-20-6-4-5-7-21(20)27-22/h4-8,17-19H,9-15H2,1-3H3/t17-,19-/m0/s1. The summed E-state index contributed by atoms with van der Waals surface area (Å²) in [5.74, 6) is 1.79. The number of piperidine rings is 1. The molecule has 1 saturated heterocycles. The summed E-state index contributed by atoms with van der Waals surface area (Å²) in [5.41, 5.74) is 3.42. The van der Waals surface area contributed by atoms with Gasteiger partial charge in [0.25, 0.3) is 0 Å². The molecule has 4 aliphatic rings. The predicted octanol–water partition coefficient (Wildman–Crippen LogP) is 5.19. The van der Waals surface area contributed by atoms with Gasteiger partial charge >= 0.3 is 0 Å². The fraction of sp³-hybridized carbons (Fsp3) is 0.609. The van der Waals surface area contributed by atoms with E-state index in [0.717, 1.165) is 17.4 Å². The Labute approximate surface area is 167 Å². The normalized spacial score (nSPS) is 28.0. The molecule has 2 fully saturated rings. The minimum atomic E-state index is 0.551. The number of rotatable bonds is 4. The van der Waals surface area contributed by atoms with Gasteiger partial charge in [0, 0.05) is 32.7 Å². The van der Waals surface area contributed by atoms with Crippen molar-refractivity contribution in [3.63, 3.8) is 0 Å². The minimum Gasteiger partial charge on any atom is -0.348 e. The van der Waals surface area contributed by atoms with Crippen LogP contribution in [0.3, 0.4) is 0 Å². The van der Waals surface area contributed by atoms with E-state index in [1.807, 2.05) is 11.3 Å². The van der Waals surface area contributed by atoms with Crippen molar-refractivity contribution in [2.24, 2.45) is 17.3 Å². The molecule has 144 valence electrons. The van der Waals surface area contributed by atoms with Gasteiger partial charge in [-0.2, -0.15) is 0 Å². The van der Waals surface area contributed by atoms with Gasteiger partial charge in [0.1, 0.15) is 0 Å². The molecule has 1 aromatic carbocycles. The zero-order chi connectivity index (χ0) is 18.6. The number of allylic oxidation sites excluding steroid dienone is 1. The molecule has 2 atom stereocenters. The van der Waals surface area contributed by atoms with Gasteiger partial charge < -0.3 is 4.90 Å². The molecular weight excluding hydrogens is 350 g/mol. The van der Waals surface area contributed by atoms with E-state index in [1.165, 1.54) is 55.1 Å². The number of anilines is 1. The van der Waals surface area contributed by atoms with Gasteiger partial charge in [0.05, 0.1) is 10.2 Å². The highest BCUT2D eigenvalue weighted by Crippen LogP contribution is 2.59. The lowest BCUT2D eigenvalue weighted by Crippen LogP contribution is -2.51. The fourth-order valence-corrected chi connectivity index (χ4v) is 6.54. The van der Waals surface area contributed by atoms with Crippen molar-refractivity contribution in [1.82, 2.24) is 9.88 Å². The Balaban J connectivity index is 1.20. The first kappa shape index (κ1) is 17.7. The highest BCUT2D eigenvalue weighted by molar-refractivity contribution is 7.22. The van der Waals surface area contributed by atoms with Crippen LogP contribution < -0.4 is 4.90 Å². The molecule has 1 aliphatic heterocycles. The van der Waals surface area contributed by atoms with E-state index in [0.29, 0.717) is 11.5 Å². The van der Waals surface area contributed by atoms with Crippen molar-refractivity contribution >= 4 is 26.7 Å². The van der Waals surface area contributed by atoms with Crippen molar-refractivity contribution in [1.29, 1.82) is 0 Å². The minimum absolute atomic E-state index is 0.551. The maximum atomic E-state index is 4.85. The second kappa shape index (κ2) is 6.59. The van der Waals surface area contributed by atoms with Crippen molar-refractivity contribution in [2.45, 2.75) is 45.6 Å². The van der Waals surface area contributed by atoms with Gasteiger partial charge in [0.2, 0.25) is 0 Å². The summed E-state index contributed by atoms with van der Waals surface area (Å²) >= 11 is 1.83. The monoisotopic (exact) mass is 381 g/mol. The highest BCUT2D eigenvalue weighted by Gasteiger charge is 2.51. The molecule has 3 nitrogen and oxygen atoms in total. The molecule has 4 heteroatoms. The smallest absolute Gasteiger partial charge is 0.186 e. The molecule has 1 saturated carbocycles. The highest BCUT2D eigenvalue weighted by atomic mass is 32.1. The molecule has 3 aliphatic carbocycles. The third-order valence-corrected chi connectivity index (χ3v) is 8.80. The van der Waals surface area contributed by atoms with E-state index in [-0.39, 0.29) is 0 Å². The number of thiazole rings is 1. The van der Waals surface area contributed by atoms with Crippen LogP contribution in [0, 0.1) is 17.3 Å². The van der Waals surface area contributed by atoms with Crippen molar-refractivity contribution in [3.05, 3.63) is 35.9 Å². The van der Waals surface area contributed by atoms with Crippen LogP contribution in [0.25, 0.3) is 10.2 Å². The van der Waals surface area contributed by atoms with Gasteiger partial charge in [-0.05, 0) is 55.1 Å². The molecule has 2 aromatic rings. The molecule has 0 N–H and O–H groups in total. The molecule has 0 radical (unpaired) electrons. The largest absolute Gasteiger partial charge is 0.348 e. The van der Waals surface area contributed by atoms with Gasteiger partial charge in [0.15, 0.2) is 5.13 Å². The molecule has 2 bridgehead atoms. The summed E-state index contributed by atoms with van der Waals surface area (Å²) in [6, 6.07) is 9.10. The number of likely N-dealkylation sites (tertiary alicyclic amines) is 1. The summed E-state index contributed by atoms with van der Waals surface area (Å²) in [5, 5.41) is 1.17. The number of para-hydroxylation sites is 1. The van der Waals surface area contributed by atoms with Crippen LogP contribution in [0.15, 0.2) is 35.9 Å². The summed E-state index contributed by atoms with van der Waals surface area (Å²) in [6.07, 6.45) is 7.82. The van der Waals surface area contributed by atoms with E-state index >= 15 is 0 Å². The maximum absolute atomic E-state index is 4.85. The van der Waals surface area contributed by atoms with Crippen molar-refractivity contribution < 1.29 is 0 Å². The van der Waals surface area contributed by atoms with E-state index in [2.05, 4.69) is 61.0 Å². The zero-order valence-electron chi connectivity index (χ0n) is 16.8. The number of fused-ring (bicyclic) bond motifs is 2. The van der Waals surface area contributed by atoms with Gasteiger partial charge in [-0.15, -0.1) is 0 Å². The van der Waals surface area contributed by atoms with Gasteiger partial charge in [-0.25, -0.2) is 4.98 Å². The lowest BCUT2D eigenvalue weighted by molar-refractivity contribution is -0.0112. The molecule has 0 spiro atoms. The number of aromatic nitrogens is 1. The first-order valence-electron chi connectivity index (χ1n) is 10.5. The van der Waals surface area contributed by atoms with Crippen LogP contribution in [0.1, 0.15) is 39.5 Å². The van der Waals surface area contributed by atoms with Gasteiger partial charge in [-0.1, -0.05) is 49.0 Å². The Kier molecular flexibility index (Phi) is 4.32. The van der Waals surface area contributed by atoms with Crippen LogP contribution in [0.2, 0.25) is 0 Å². The van der Waals surface area contributed by atoms with Crippen LogP contribution in [-0.2, 0) is 0 Å². The Morgan fingerprint density at radius 2 is 2.00 bits per heavy atom. The maximum Gasteiger partial charge on any atom is 0.186 e. The topological polar surface area (TPSA) is 19.4 Å². The predicted molar refractivity (Wildman–Crippen MR) is 116 cm³/mol. The number of benzene rings is 1. The lowest BCUT2D eigenvalue weighted by atomic mass is 9.49. The molecular formula is C23H31N3S. The second-order valence-electron chi connectivity index (χ2n) is 9.40. The van der Waals surface area contributed by atoms with Gasteiger partial charge in [-0.3, -0.25) is 4.90 Å². The van der Waals surface area contributed by atoms with E-state index in [1.54, 1.807) is 5.57 Å². The quantitative estimate of drug-likeness (QED) is 0.680. The van der Waals surface area contributed by atoms with Crippen LogP contribution in [0.4, 0.5) is 5.13 Å². The van der Waals surface area contributed by atoms with E-state index in [9.17, 15) is 0 Å². The SMILES string of the molecule is CN(c1nc2ccccc2s1)C1CCN(CC2=CC[C@H]3C[C@@H]2C3(C)C)CC1. The molecule has 6 rings (SSSR count). The fourth-order valence-electron chi connectivity index (χ4n) is 5.55. The molecule has 0 unspecified atom stereocenters. The third-order valence-electron chi connectivity index (χ3n) is 7.68. The third kappa shape index (κ3) is 3.01. The average Bonchev–Trinajstić information content (AvgIpc) is 3.12. The summed E-state index contributed by atoms with van der Waals surface area (Å²) in [7, 11) is 2.23. The number of nitrogens with zero attached hydrogens (tertiary/aromatic N) is 3. The van der Waals surface area contributed by atoms with E-state index in [4.69, 9.17) is 4.98 Å². The van der Waals surface area contributed by atoms with Crippen LogP contribution in [-0.4, -0.2) is 42.6 Å². The van der Waals surface area contributed by atoms with Crippen LogP contribution in [0.5, 0.6) is 0 Å². The second-order valence-corrected chi connectivity index (χ2v) is 10.4. The Morgan fingerprint density at radius 3 is 2.70 bits per heavy atom. The zero-order valence-corrected chi connectivity index (χ0v) is 17.6. The Hall–Kier alpha value is -1.39. The molecule has 1 aromatic heterocycles. The molecule has 2 heterocycles. The summed E-state index contributed by atoms with van der Waals surface area (Å²) in [6.45, 7) is 8.61. The Morgan fingerprint density at radius 1 is 1.22 bits per heavy atom. The Bertz CT molecular complexity index is 826. The lowest BCUT2D eigenvalue weighted by Gasteiger charge is -2.57. The number of hydrogen-bond acceptors (Lipinski definition) is 4. The summed E-state index contributed by atoms with van der Waals surface area (Å²) in [4.78, 5) is 9.98. The first-order chi connectivity index (χ1) is 13.0. The summed E-state index contributed by atoms with van der Waals surface area (Å²) < 4.78 is 1.29. The van der Waals surface area contributed by atoms with Crippen molar-refractivity contribution in [3.8, 4) is 0 Å². The average molecular weight is 382 g/mol.